The standard InChI is InChI=1S/CH2O3.Fe.2Li.Mn/c2-1(3)4;;;;/h(H2,2,3,4);;;;/q;;2*+1;/p-2. The summed E-state index contributed by atoms with van der Waals surface area (Å²) < 4.78 is 0. The molecule has 0 aromatic rings. The summed E-state index contributed by atoms with van der Waals surface area (Å²) in [6.45, 7) is 0. The first-order valence-corrected chi connectivity index (χ1v) is 0.612. The first-order valence-electron chi connectivity index (χ1n) is 0.612. The van der Waals surface area contributed by atoms with E-state index < -0.39 is 6.16 Å². The van der Waals surface area contributed by atoms with Crippen molar-refractivity contribution in [1.29, 1.82) is 0 Å². The van der Waals surface area contributed by atoms with Gasteiger partial charge in [0.05, 0.1) is 0 Å². The Balaban J connectivity index is -0.00000000750. The van der Waals surface area contributed by atoms with Crippen molar-refractivity contribution in [3.8, 4) is 0 Å². The molecule has 0 fully saturated rings. The predicted molar refractivity (Wildman–Crippen MR) is 5.40 cm³/mol. The van der Waals surface area contributed by atoms with Crippen molar-refractivity contribution < 1.29 is 86.9 Å². The zero-order chi connectivity index (χ0) is 3.58. The fraction of sp³-hybridized carbons (Fsp3) is 0. The van der Waals surface area contributed by atoms with Crippen molar-refractivity contribution in [1.82, 2.24) is 0 Å². The molecule has 1 radical (unpaired) electrons. The van der Waals surface area contributed by atoms with E-state index in [1.807, 2.05) is 0 Å². The minimum Gasteiger partial charge on any atom is -0.652 e. The van der Waals surface area contributed by atoms with Gasteiger partial charge in [-0.1, -0.05) is 0 Å². The second-order valence-corrected chi connectivity index (χ2v) is 0.250. The molecular formula is CFeLi2MnO3. The third-order valence-corrected chi connectivity index (χ3v) is 0. The van der Waals surface area contributed by atoms with Gasteiger partial charge in [0, 0.05) is 34.1 Å². The maximum atomic E-state index is 8.33. The van der Waals surface area contributed by atoms with Gasteiger partial charge in [-0.2, -0.15) is 0 Å². The van der Waals surface area contributed by atoms with Crippen LogP contribution in [0.25, 0.3) is 0 Å². The molecule has 0 amide bonds. The monoisotopic (exact) mass is 185 g/mol. The summed E-state index contributed by atoms with van der Waals surface area (Å²) in [5.41, 5.74) is 0. The quantitative estimate of drug-likeness (QED) is 0.352. The van der Waals surface area contributed by atoms with Gasteiger partial charge in [0.2, 0.25) is 0 Å². The maximum Gasteiger partial charge on any atom is 1.00 e. The van der Waals surface area contributed by atoms with Crippen LogP contribution in [0, 0.1) is 0 Å². The van der Waals surface area contributed by atoms with E-state index in [2.05, 4.69) is 0 Å². The van der Waals surface area contributed by atoms with Gasteiger partial charge in [-0.15, -0.1) is 0 Å². The third kappa shape index (κ3) is 140. The molecule has 0 atom stereocenters. The third-order valence-electron chi connectivity index (χ3n) is 0. The largest absolute Gasteiger partial charge is 1.00 e. The Kier molecular flexibility index (Phi) is 100.0. The Morgan fingerprint density at radius 2 is 1.12 bits per heavy atom. The fourth-order valence-electron chi connectivity index (χ4n) is 0. The molecule has 0 spiro atoms. The van der Waals surface area contributed by atoms with Crippen LogP contribution in [0.3, 0.4) is 0 Å². The van der Waals surface area contributed by atoms with Gasteiger partial charge in [0.25, 0.3) is 0 Å². The molecule has 7 heteroatoms. The molecule has 0 bridgehead atoms. The van der Waals surface area contributed by atoms with Gasteiger partial charge in [0.15, 0.2) is 0 Å². The molecule has 0 saturated carbocycles. The van der Waals surface area contributed by atoms with E-state index in [0.717, 1.165) is 0 Å². The average Bonchev–Trinajstić information content (AvgIpc) is 0.811. The molecule has 39 valence electrons. The summed E-state index contributed by atoms with van der Waals surface area (Å²) in [5, 5.41) is 16.7. The summed E-state index contributed by atoms with van der Waals surface area (Å²) in [7, 11) is 0. The summed E-state index contributed by atoms with van der Waals surface area (Å²) >= 11 is 0. The Morgan fingerprint density at radius 3 is 1.12 bits per heavy atom. The van der Waals surface area contributed by atoms with Crippen LogP contribution in [-0.4, -0.2) is 6.16 Å². The number of carbonyl (C=O) groups excluding carboxylic acids is 1. The van der Waals surface area contributed by atoms with E-state index in [0.29, 0.717) is 0 Å². The van der Waals surface area contributed by atoms with E-state index in [1.54, 1.807) is 0 Å². The van der Waals surface area contributed by atoms with Gasteiger partial charge in [-0.25, -0.2) is 0 Å². The van der Waals surface area contributed by atoms with Crippen molar-refractivity contribution >= 4 is 6.16 Å². The van der Waals surface area contributed by atoms with Crippen LogP contribution in [0.5, 0.6) is 0 Å². The van der Waals surface area contributed by atoms with Crippen molar-refractivity contribution in [2.45, 2.75) is 0 Å². The van der Waals surface area contributed by atoms with Crippen LogP contribution >= 0.6 is 0 Å². The normalized spacial score (nSPS) is 3.00. The molecule has 0 heterocycles. The Morgan fingerprint density at radius 1 is 1.12 bits per heavy atom. The minimum atomic E-state index is -2.33. The Labute approximate surface area is 92.3 Å². The molecule has 8 heavy (non-hydrogen) atoms. The predicted octanol–water partition coefficient (Wildman–Crippen LogP) is -8.44. The molecule has 0 saturated heterocycles. The Bertz CT molecular complexity index is 40.3. The van der Waals surface area contributed by atoms with Gasteiger partial charge in [0.1, 0.15) is 0 Å². The smallest absolute Gasteiger partial charge is 0.652 e. The van der Waals surface area contributed by atoms with Crippen molar-refractivity contribution in [3.05, 3.63) is 0 Å². The molecule has 0 N–H and O–H groups in total. The first kappa shape index (κ1) is 33.9. The van der Waals surface area contributed by atoms with Crippen LogP contribution in [0.2, 0.25) is 0 Å². The second kappa shape index (κ2) is 23.6. The number of carboxylic acid groups (broad SMARTS) is 2. The van der Waals surface area contributed by atoms with Crippen LogP contribution in [0.15, 0.2) is 0 Å². The molecule has 0 aliphatic heterocycles. The zero-order valence-corrected chi connectivity index (χ0v) is 6.74. The molecule has 0 aliphatic rings. The van der Waals surface area contributed by atoms with Gasteiger partial charge in [-0.05, 0) is 6.16 Å². The molecule has 0 unspecified atom stereocenters. The van der Waals surface area contributed by atoms with Gasteiger partial charge in [-0.3, -0.25) is 0 Å². The Hall–Kier alpha value is 1.50. The second-order valence-electron chi connectivity index (χ2n) is 0.250. The van der Waals surface area contributed by atoms with Gasteiger partial charge < -0.3 is 15.0 Å². The van der Waals surface area contributed by atoms with Crippen molar-refractivity contribution in [3.63, 3.8) is 0 Å². The number of rotatable bonds is 0. The maximum absolute atomic E-state index is 8.33. The topological polar surface area (TPSA) is 63.2 Å². The number of hydrogen-bond donors (Lipinski definition) is 0. The van der Waals surface area contributed by atoms with Crippen molar-refractivity contribution in [2.75, 3.05) is 0 Å². The van der Waals surface area contributed by atoms with Crippen molar-refractivity contribution in [2.24, 2.45) is 0 Å². The summed E-state index contributed by atoms with van der Waals surface area (Å²) in [6.07, 6.45) is -2.33. The van der Waals surface area contributed by atoms with Gasteiger partial charge >= 0.3 is 37.7 Å². The van der Waals surface area contributed by atoms with Crippen LogP contribution in [0.1, 0.15) is 0 Å². The van der Waals surface area contributed by atoms with Crippen LogP contribution in [0.4, 0.5) is 4.79 Å². The molecule has 3 nitrogen and oxygen atoms in total. The first-order chi connectivity index (χ1) is 1.73. The molecule has 0 aromatic heterocycles. The fourth-order valence-corrected chi connectivity index (χ4v) is 0. The number of carbonyl (C=O) groups is 1. The van der Waals surface area contributed by atoms with E-state index in [4.69, 9.17) is 15.0 Å². The minimum absolute atomic E-state index is 0. The zero-order valence-electron chi connectivity index (χ0n) is 4.46. The SMILES string of the molecule is O=C([O-])[O-].[Fe].[Li+].[Li+].[Mn]. The summed E-state index contributed by atoms with van der Waals surface area (Å²) in [5.74, 6) is 0. The molecule has 0 rings (SSSR count). The van der Waals surface area contributed by atoms with E-state index >= 15 is 0 Å². The van der Waals surface area contributed by atoms with E-state index in [9.17, 15) is 0 Å². The average molecular weight is 185 g/mol. The van der Waals surface area contributed by atoms with E-state index in [-0.39, 0.29) is 71.9 Å². The molecule has 0 aliphatic carbocycles. The van der Waals surface area contributed by atoms with E-state index in [1.165, 1.54) is 0 Å². The van der Waals surface area contributed by atoms with Crippen LogP contribution < -0.4 is 47.9 Å². The molecular weight excluding hydrogens is 185 g/mol. The molecule has 0 aromatic carbocycles. The summed E-state index contributed by atoms with van der Waals surface area (Å²) in [4.78, 5) is 8.33. The van der Waals surface area contributed by atoms with Crippen LogP contribution in [-0.2, 0) is 34.1 Å². The number of hydrogen-bond acceptors (Lipinski definition) is 3. The summed E-state index contributed by atoms with van der Waals surface area (Å²) in [6, 6.07) is 0.